The van der Waals surface area contributed by atoms with Crippen molar-refractivity contribution in [2.75, 3.05) is 0 Å². The van der Waals surface area contributed by atoms with E-state index in [9.17, 15) is 0 Å². The van der Waals surface area contributed by atoms with Crippen molar-refractivity contribution in [2.24, 2.45) is 23.7 Å². The van der Waals surface area contributed by atoms with Crippen LogP contribution in [0, 0.1) is 23.7 Å². The molecular formula is C17H28. The third kappa shape index (κ3) is 5.39. The van der Waals surface area contributed by atoms with Gasteiger partial charge in [0.15, 0.2) is 0 Å². The van der Waals surface area contributed by atoms with E-state index in [0.29, 0.717) is 5.92 Å². The molecule has 0 saturated carbocycles. The summed E-state index contributed by atoms with van der Waals surface area (Å²) in [6.07, 6.45) is 17.5. The van der Waals surface area contributed by atoms with Crippen LogP contribution in [0.15, 0.2) is 36.5 Å². The van der Waals surface area contributed by atoms with E-state index < -0.39 is 0 Å². The molecule has 0 nitrogen and oxygen atoms in total. The maximum atomic E-state index is 2.35. The molecule has 1 unspecified atom stereocenters. The van der Waals surface area contributed by atoms with Crippen LogP contribution in [0.4, 0.5) is 0 Å². The van der Waals surface area contributed by atoms with Crippen molar-refractivity contribution in [3.63, 3.8) is 0 Å². The summed E-state index contributed by atoms with van der Waals surface area (Å²) in [5.41, 5.74) is 0. The van der Waals surface area contributed by atoms with Gasteiger partial charge in [-0.2, -0.15) is 0 Å². The van der Waals surface area contributed by atoms with Gasteiger partial charge in [0.2, 0.25) is 0 Å². The minimum atomic E-state index is 0.693. The molecule has 2 aliphatic rings. The van der Waals surface area contributed by atoms with E-state index in [1.54, 1.807) is 0 Å². The van der Waals surface area contributed by atoms with Crippen LogP contribution in [0.5, 0.6) is 0 Å². The summed E-state index contributed by atoms with van der Waals surface area (Å²) >= 11 is 0. The van der Waals surface area contributed by atoms with Crippen molar-refractivity contribution in [1.82, 2.24) is 0 Å². The molecule has 2 aliphatic carbocycles. The molecule has 0 spiro atoms. The lowest BCUT2D eigenvalue weighted by atomic mass is 9.92. The first kappa shape index (κ1) is 14.3. The molecule has 0 heteroatoms. The molecule has 0 N–H and O–H groups in total. The highest BCUT2D eigenvalue weighted by Crippen LogP contribution is 2.23. The van der Waals surface area contributed by atoms with Crippen molar-refractivity contribution in [3.05, 3.63) is 36.5 Å². The lowest BCUT2D eigenvalue weighted by Crippen LogP contribution is -2.02. The molecule has 96 valence electrons. The zero-order chi connectivity index (χ0) is 12.7. The van der Waals surface area contributed by atoms with Gasteiger partial charge in [-0.1, -0.05) is 64.2 Å². The average Bonchev–Trinajstić information content (AvgIpc) is 2.84. The van der Waals surface area contributed by atoms with E-state index in [-0.39, 0.29) is 0 Å². The summed E-state index contributed by atoms with van der Waals surface area (Å²) in [6, 6.07) is 0. The van der Waals surface area contributed by atoms with Gasteiger partial charge in [-0.25, -0.2) is 0 Å². The number of rotatable bonds is 2. The first-order valence-electron chi connectivity index (χ1n) is 7.11. The third-order valence-corrected chi connectivity index (χ3v) is 3.66. The fourth-order valence-electron chi connectivity index (χ4n) is 2.27. The van der Waals surface area contributed by atoms with Crippen LogP contribution in [-0.2, 0) is 0 Å². The average molecular weight is 232 g/mol. The molecule has 0 heterocycles. The quantitative estimate of drug-likeness (QED) is 0.560. The fraction of sp³-hybridized carbons (Fsp3) is 0.647. The second-order valence-electron chi connectivity index (χ2n) is 5.83. The fourth-order valence-corrected chi connectivity index (χ4v) is 2.27. The summed E-state index contributed by atoms with van der Waals surface area (Å²) < 4.78 is 0. The minimum Gasteiger partial charge on any atom is -0.0882 e. The second-order valence-corrected chi connectivity index (χ2v) is 5.83. The van der Waals surface area contributed by atoms with Crippen molar-refractivity contribution >= 4 is 0 Å². The maximum absolute atomic E-state index is 2.35. The zero-order valence-electron chi connectivity index (χ0n) is 11.9. The van der Waals surface area contributed by atoms with Crippen molar-refractivity contribution in [1.29, 1.82) is 0 Å². The Balaban J connectivity index is 0.000000171. The summed E-state index contributed by atoms with van der Waals surface area (Å²) in [5.74, 6) is 3.19. The Bertz CT molecular complexity index is 266. The van der Waals surface area contributed by atoms with Crippen LogP contribution >= 0.6 is 0 Å². The van der Waals surface area contributed by atoms with E-state index in [1.807, 2.05) is 0 Å². The van der Waals surface area contributed by atoms with Crippen molar-refractivity contribution in [3.8, 4) is 0 Å². The second kappa shape index (κ2) is 7.53. The lowest BCUT2D eigenvalue weighted by molar-refractivity contribution is 0.459. The standard InChI is InChI=1S/C9H14.C8H14/c1-8(2)9-6-4-3-5-7-9;1-7(2)8-5-3-4-6-8/h4-9H,3H2,1-2H3;3,5,7-8H,4,6H2,1-2H3. The van der Waals surface area contributed by atoms with E-state index in [0.717, 1.165) is 24.2 Å². The summed E-state index contributed by atoms with van der Waals surface area (Å²) in [6.45, 7) is 9.09. The smallest absolute Gasteiger partial charge is 0.00302 e. The number of hydrogen-bond acceptors (Lipinski definition) is 0. The molecule has 2 rings (SSSR count). The molecule has 0 aromatic carbocycles. The minimum absolute atomic E-state index is 0.693. The first-order chi connectivity index (χ1) is 8.11. The molecule has 1 atom stereocenters. The van der Waals surface area contributed by atoms with Gasteiger partial charge >= 0.3 is 0 Å². The highest BCUT2D eigenvalue weighted by atomic mass is 14.2. The molecule has 0 radical (unpaired) electrons. The van der Waals surface area contributed by atoms with Gasteiger partial charge in [0.1, 0.15) is 0 Å². The van der Waals surface area contributed by atoms with Crippen LogP contribution in [0.25, 0.3) is 0 Å². The molecule has 0 bridgehead atoms. The monoisotopic (exact) mass is 232 g/mol. The Morgan fingerprint density at radius 3 is 1.76 bits per heavy atom. The van der Waals surface area contributed by atoms with Crippen molar-refractivity contribution in [2.45, 2.75) is 47.0 Å². The van der Waals surface area contributed by atoms with Gasteiger partial charge in [0.25, 0.3) is 0 Å². The first-order valence-corrected chi connectivity index (χ1v) is 7.11. The zero-order valence-corrected chi connectivity index (χ0v) is 11.9. The Labute approximate surface area is 108 Å². The molecule has 0 fully saturated rings. The molecule has 0 aliphatic heterocycles. The lowest BCUT2D eigenvalue weighted by Gasteiger charge is -2.13. The predicted octanol–water partition coefficient (Wildman–Crippen LogP) is 5.38. The Morgan fingerprint density at radius 1 is 0.824 bits per heavy atom. The number of hydrogen-bond donors (Lipinski definition) is 0. The third-order valence-electron chi connectivity index (χ3n) is 3.66. The normalized spacial score (nSPS) is 23.3. The van der Waals surface area contributed by atoms with Gasteiger partial charge in [-0.3, -0.25) is 0 Å². The summed E-state index contributed by atoms with van der Waals surface area (Å²) in [5, 5.41) is 0. The largest absolute Gasteiger partial charge is 0.0882 e. The highest BCUT2D eigenvalue weighted by molar-refractivity contribution is 5.09. The maximum Gasteiger partial charge on any atom is -0.00302 e. The highest BCUT2D eigenvalue weighted by Gasteiger charge is 2.11. The van der Waals surface area contributed by atoms with Crippen LogP contribution in [0.2, 0.25) is 0 Å². The topological polar surface area (TPSA) is 0 Å². The Morgan fingerprint density at radius 2 is 1.47 bits per heavy atom. The van der Waals surface area contributed by atoms with E-state index in [4.69, 9.17) is 0 Å². The van der Waals surface area contributed by atoms with Gasteiger partial charge in [0.05, 0.1) is 0 Å². The Kier molecular flexibility index (Phi) is 6.32. The summed E-state index contributed by atoms with van der Waals surface area (Å²) in [4.78, 5) is 0. The van der Waals surface area contributed by atoms with Crippen LogP contribution in [0.3, 0.4) is 0 Å². The van der Waals surface area contributed by atoms with Gasteiger partial charge in [0, 0.05) is 0 Å². The number of allylic oxidation sites excluding steroid dienone is 6. The molecule has 0 aromatic heterocycles. The van der Waals surface area contributed by atoms with Crippen LogP contribution in [0.1, 0.15) is 47.0 Å². The molecular weight excluding hydrogens is 204 g/mol. The van der Waals surface area contributed by atoms with Crippen LogP contribution in [-0.4, -0.2) is 0 Å². The van der Waals surface area contributed by atoms with Gasteiger partial charge < -0.3 is 0 Å². The summed E-state index contributed by atoms with van der Waals surface area (Å²) in [7, 11) is 0. The molecule has 0 aromatic rings. The molecule has 0 saturated heterocycles. The van der Waals surface area contributed by atoms with Crippen molar-refractivity contribution < 1.29 is 0 Å². The molecule has 17 heavy (non-hydrogen) atoms. The van der Waals surface area contributed by atoms with Gasteiger partial charge in [-0.05, 0) is 42.9 Å². The van der Waals surface area contributed by atoms with E-state index >= 15 is 0 Å². The molecule has 0 amide bonds. The Hall–Kier alpha value is -0.780. The predicted molar refractivity (Wildman–Crippen MR) is 77.9 cm³/mol. The van der Waals surface area contributed by atoms with E-state index in [1.165, 1.54) is 12.8 Å². The SMILES string of the molecule is CC(C)C1C=CCC1.CC(C)C1C=CCC=C1. The van der Waals surface area contributed by atoms with E-state index in [2.05, 4.69) is 64.2 Å². The van der Waals surface area contributed by atoms with Crippen LogP contribution < -0.4 is 0 Å². The van der Waals surface area contributed by atoms with Gasteiger partial charge in [-0.15, -0.1) is 0 Å².